The molecule has 0 heterocycles. The maximum absolute atomic E-state index is 11.4. The van der Waals surface area contributed by atoms with Crippen molar-refractivity contribution in [2.24, 2.45) is 0 Å². The van der Waals surface area contributed by atoms with Gasteiger partial charge in [-0.15, -0.1) is 0 Å². The summed E-state index contributed by atoms with van der Waals surface area (Å²) in [6.07, 6.45) is -0.468. The van der Waals surface area contributed by atoms with E-state index in [9.17, 15) is 9.59 Å². The van der Waals surface area contributed by atoms with Gasteiger partial charge in [-0.2, -0.15) is 0 Å². The number of carboxylic acid groups (broad SMARTS) is 1. The Morgan fingerprint density at radius 1 is 1.07 bits per heavy atom. The van der Waals surface area contributed by atoms with Crippen LogP contribution in [0.15, 0.2) is 18.2 Å². The average Bonchev–Trinajstić information content (AvgIpc) is 2.55. The number of rotatable bonds is 11. The van der Waals surface area contributed by atoms with Crippen molar-refractivity contribution in [2.45, 2.75) is 26.4 Å². The molecule has 0 radical (unpaired) electrons. The number of alkyl carbamates (subject to hydrolysis) is 1. The summed E-state index contributed by atoms with van der Waals surface area (Å²) >= 11 is 0. The molecule has 1 aromatic rings. The topological polar surface area (TPSA) is 132 Å². The number of anilines is 2. The van der Waals surface area contributed by atoms with Gasteiger partial charge in [0.05, 0.1) is 43.4 Å². The van der Waals surface area contributed by atoms with Gasteiger partial charge in [0.1, 0.15) is 5.60 Å². The van der Waals surface area contributed by atoms with Crippen molar-refractivity contribution < 1.29 is 28.9 Å². The normalized spacial score (nSPS) is 11.1. The minimum atomic E-state index is -1.02. The molecule has 0 bridgehead atoms. The molecule has 0 aromatic heterocycles. The highest BCUT2D eigenvalue weighted by molar-refractivity contribution is 5.90. The van der Waals surface area contributed by atoms with Crippen LogP contribution >= 0.6 is 0 Å². The van der Waals surface area contributed by atoms with E-state index in [1.54, 1.807) is 26.8 Å². The van der Waals surface area contributed by atoms with Crippen molar-refractivity contribution in [1.29, 1.82) is 0 Å². The molecule has 152 valence electrons. The molecular weight excluding hydrogens is 354 g/mol. The number of nitrogens with two attached hydrogens (primary N) is 1. The molecule has 0 aliphatic heterocycles. The first kappa shape index (κ1) is 22.5. The number of amides is 1. The van der Waals surface area contributed by atoms with Gasteiger partial charge in [0, 0.05) is 13.1 Å². The summed E-state index contributed by atoms with van der Waals surface area (Å²) in [7, 11) is 0. The van der Waals surface area contributed by atoms with E-state index in [4.69, 9.17) is 25.1 Å². The molecule has 0 atom stereocenters. The highest BCUT2D eigenvalue weighted by Gasteiger charge is 2.15. The van der Waals surface area contributed by atoms with E-state index < -0.39 is 17.7 Å². The highest BCUT2D eigenvalue weighted by Crippen LogP contribution is 2.19. The number of hydrogen-bond donors (Lipinski definition) is 4. The van der Waals surface area contributed by atoms with E-state index in [1.807, 2.05) is 0 Å². The Balaban J connectivity index is 2.02. The molecule has 0 spiro atoms. The largest absolute Gasteiger partial charge is 0.478 e. The fourth-order valence-corrected chi connectivity index (χ4v) is 1.98. The maximum atomic E-state index is 11.4. The van der Waals surface area contributed by atoms with E-state index in [1.165, 1.54) is 12.1 Å². The number of nitrogen functional groups attached to an aromatic ring is 1. The first-order valence-electron chi connectivity index (χ1n) is 8.68. The fourth-order valence-electron chi connectivity index (χ4n) is 1.98. The summed E-state index contributed by atoms with van der Waals surface area (Å²) in [6, 6.07) is 4.52. The molecule has 0 unspecified atom stereocenters. The van der Waals surface area contributed by atoms with Crippen LogP contribution in [-0.4, -0.2) is 62.3 Å². The molecular formula is C18H29N3O6. The minimum absolute atomic E-state index is 0.146. The standard InChI is InChI=1S/C18H29N3O6/c1-18(2,3)27-17(24)21-7-9-26-11-10-25-8-6-20-15-5-4-13(16(22)23)12-14(15)19/h4-5,12,20H,6-11,19H2,1-3H3,(H,21,24)(H,22,23). The lowest BCUT2D eigenvalue weighted by atomic mass is 10.2. The van der Waals surface area contributed by atoms with Crippen LogP contribution in [0.25, 0.3) is 0 Å². The van der Waals surface area contributed by atoms with Crippen LogP contribution in [0.5, 0.6) is 0 Å². The van der Waals surface area contributed by atoms with Crippen LogP contribution in [0.2, 0.25) is 0 Å². The summed E-state index contributed by atoms with van der Waals surface area (Å²) in [5.41, 5.74) is 6.46. The summed E-state index contributed by atoms with van der Waals surface area (Å²) in [5, 5.41) is 14.6. The third-order valence-electron chi connectivity index (χ3n) is 3.15. The number of carboxylic acids is 1. The van der Waals surface area contributed by atoms with Crippen LogP contribution in [0.1, 0.15) is 31.1 Å². The molecule has 0 saturated heterocycles. The lowest BCUT2D eigenvalue weighted by Crippen LogP contribution is -2.34. The van der Waals surface area contributed by atoms with Crippen molar-refractivity contribution in [2.75, 3.05) is 50.6 Å². The molecule has 0 aliphatic carbocycles. The zero-order valence-electron chi connectivity index (χ0n) is 16.0. The van der Waals surface area contributed by atoms with Gasteiger partial charge < -0.3 is 35.7 Å². The lowest BCUT2D eigenvalue weighted by Gasteiger charge is -2.19. The smallest absolute Gasteiger partial charge is 0.407 e. The zero-order chi connectivity index (χ0) is 20.3. The quantitative estimate of drug-likeness (QED) is 0.337. The first-order valence-corrected chi connectivity index (χ1v) is 8.68. The first-order chi connectivity index (χ1) is 12.7. The Hall–Kier alpha value is -2.52. The van der Waals surface area contributed by atoms with Gasteiger partial charge in [-0.25, -0.2) is 9.59 Å². The molecule has 9 nitrogen and oxygen atoms in total. The average molecular weight is 383 g/mol. The number of ether oxygens (including phenoxy) is 3. The van der Waals surface area contributed by atoms with Crippen molar-refractivity contribution in [1.82, 2.24) is 5.32 Å². The predicted octanol–water partition coefficient (Wildman–Crippen LogP) is 1.94. The van der Waals surface area contributed by atoms with E-state index in [0.29, 0.717) is 50.9 Å². The lowest BCUT2D eigenvalue weighted by molar-refractivity contribution is 0.0415. The van der Waals surface area contributed by atoms with Gasteiger partial charge in [-0.05, 0) is 39.0 Å². The molecule has 1 amide bonds. The predicted molar refractivity (Wildman–Crippen MR) is 102 cm³/mol. The molecule has 0 saturated carbocycles. The molecule has 0 aliphatic rings. The van der Waals surface area contributed by atoms with Crippen LogP contribution < -0.4 is 16.4 Å². The van der Waals surface area contributed by atoms with Crippen LogP contribution in [-0.2, 0) is 14.2 Å². The van der Waals surface area contributed by atoms with Gasteiger partial charge in [-0.1, -0.05) is 0 Å². The Labute approximate surface area is 159 Å². The Morgan fingerprint density at radius 3 is 2.26 bits per heavy atom. The summed E-state index contributed by atoms with van der Waals surface area (Å²) in [4.78, 5) is 22.2. The van der Waals surface area contributed by atoms with E-state index in [0.717, 1.165) is 0 Å². The third kappa shape index (κ3) is 10.3. The van der Waals surface area contributed by atoms with Crippen LogP contribution in [0.4, 0.5) is 16.2 Å². The fraction of sp³-hybridized carbons (Fsp3) is 0.556. The summed E-state index contributed by atoms with van der Waals surface area (Å²) in [5.74, 6) is -1.02. The Bertz CT molecular complexity index is 616. The number of carbonyl (C=O) groups is 2. The number of nitrogens with one attached hydrogen (secondary N) is 2. The second-order valence-corrected chi connectivity index (χ2v) is 6.69. The van der Waals surface area contributed by atoms with Gasteiger partial charge in [-0.3, -0.25) is 0 Å². The number of benzene rings is 1. The van der Waals surface area contributed by atoms with Crippen molar-refractivity contribution in [3.8, 4) is 0 Å². The van der Waals surface area contributed by atoms with Gasteiger partial charge in [0.2, 0.25) is 0 Å². The summed E-state index contributed by atoms with van der Waals surface area (Å²) < 4.78 is 15.9. The molecule has 1 aromatic carbocycles. The Kier molecular flexibility index (Phi) is 9.38. The monoisotopic (exact) mass is 383 g/mol. The van der Waals surface area contributed by atoms with Crippen molar-refractivity contribution >= 4 is 23.4 Å². The van der Waals surface area contributed by atoms with Crippen molar-refractivity contribution in [3.63, 3.8) is 0 Å². The van der Waals surface area contributed by atoms with Crippen molar-refractivity contribution in [3.05, 3.63) is 23.8 Å². The third-order valence-corrected chi connectivity index (χ3v) is 3.15. The maximum Gasteiger partial charge on any atom is 0.407 e. The molecule has 9 heteroatoms. The second kappa shape index (κ2) is 11.2. The molecule has 1 rings (SSSR count). The van der Waals surface area contributed by atoms with Gasteiger partial charge >= 0.3 is 12.1 Å². The molecule has 27 heavy (non-hydrogen) atoms. The zero-order valence-corrected chi connectivity index (χ0v) is 16.0. The van der Waals surface area contributed by atoms with Crippen LogP contribution in [0.3, 0.4) is 0 Å². The number of aromatic carboxylic acids is 1. The van der Waals surface area contributed by atoms with E-state index in [2.05, 4.69) is 10.6 Å². The highest BCUT2D eigenvalue weighted by atomic mass is 16.6. The molecule has 0 fully saturated rings. The number of carbonyl (C=O) groups excluding carboxylic acids is 1. The minimum Gasteiger partial charge on any atom is -0.478 e. The van der Waals surface area contributed by atoms with Gasteiger partial charge in [0.25, 0.3) is 0 Å². The second-order valence-electron chi connectivity index (χ2n) is 6.69. The van der Waals surface area contributed by atoms with E-state index in [-0.39, 0.29) is 5.56 Å². The van der Waals surface area contributed by atoms with Gasteiger partial charge in [0.15, 0.2) is 0 Å². The van der Waals surface area contributed by atoms with Crippen LogP contribution in [0, 0.1) is 0 Å². The molecule has 5 N–H and O–H groups in total. The summed E-state index contributed by atoms with van der Waals surface area (Å²) in [6.45, 7) is 7.93. The Morgan fingerprint density at radius 2 is 1.70 bits per heavy atom. The SMILES string of the molecule is CC(C)(C)OC(=O)NCCOCCOCCNc1ccc(C(=O)O)cc1N. The number of hydrogen-bond acceptors (Lipinski definition) is 7. The van der Waals surface area contributed by atoms with E-state index >= 15 is 0 Å².